The van der Waals surface area contributed by atoms with Crippen LogP contribution in [0.5, 0.6) is 0 Å². The molecule has 0 unspecified atom stereocenters. The SMILES string of the molecule is Cl.Cl.NC(=O)c1nccnc1C(=O)NCCNC1CCCCCC1. The van der Waals surface area contributed by atoms with Gasteiger partial charge in [-0.15, -0.1) is 24.8 Å². The molecule has 0 saturated heterocycles. The molecule has 0 aliphatic heterocycles. The first-order valence-electron chi connectivity index (χ1n) is 7.81. The molecule has 0 radical (unpaired) electrons. The van der Waals surface area contributed by atoms with E-state index < -0.39 is 11.8 Å². The number of nitrogens with zero attached hydrogens (tertiary/aromatic N) is 2. The van der Waals surface area contributed by atoms with E-state index in [0.717, 1.165) is 0 Å². The molecular weight excluding hydrogens is 353 g/mol. The number of carbonyl (C=O) groups excluding carboxylic acids is 2. The number of hydrogen-bond acceptors (Lipinski definition) is 5. The number of primary amides is 1. The first kappa shape index (κ1) is 22.6. The third-order valence-corrected chi connectivity index (χ3v) is 3.85. The summed E-state index contributed by atoms with van der Waals surface area (Å²) >= 11 is 0. The summed E-state index contributed by atoms with van der Waals surface area (Å²) in [4.78, 5) is 30.9. The zero-order valence-corrected chi connectivity index (χ0v) is 15.1. The number of carbonyl (C=O) groups is 2. The average Bonchev–Trinajstić information content (AvgIpc) is 2.80. The van der Waals surface area contributed by atoms with Crippen LogP contribution in [-0.4, -0.2) is 40.9 Å². The quantitative estimate of drug-likeness (QED) is 0.513. The second-order valence-electron chi connectivity index (χ2n) is 5.52. The number of halogens is 2. The first-order valence-corrected chi connectivity index (χ1v) is 7.81. The van der Waals surface area contributed by atoms with Crippen molar-refractivity contribution in [3.05, 3.63) is 23.8 Å². The lowest BCUT2D eigenvalue weighted by atomic mass is 10.1. The van der Waals surface area contributed by atoms with Crippen LogP contribution in [0.1, 0.15) is 59.5 Å². The normalized spacial score (nSPS) is 14.7. The Labute approximate surface area is 154 Å². The Morgan fingerprint density at radius 1 is 1.00 bits per heavy atom. The highest BCUT2D eigenvalue weighted by atomic mass is 35.5. The van der Waals surface area contributed by atoms with Gasteiger partial charge in [-0.05, 0) is 12.8 Å². The standard InChI is InChI=1S/C15H23N5O2.2ClH/c16-14(21)12-13(19-9-8-18-12)15(22)20-10-7-17-11-5-3-1-2-4-6-11;;/h8-9,11,17H,1-7,10H2,(H2,16,21)(H,20,22);2*1H. The molecule has 2 rings (SSSR count). The van der Waals surface area contributed by atoms with Crippen LogP contribution in [0.2, 0.25) is 0 Å². The van der Waals surface area contributed by atoms with Gasteiger partial charge in [0.15, 0.2) is 11.4 Å². The lowest BCUT2D eigenvalue weighted by molar-refractivity contribution is 0.0928. The van der Waals surface area contributed by atoms with Crippen LogP contribution in [0.3, 0.4) is 0 Å². The molecule has 1 aromatic rings. The number of hydrogen-bond donors (Lipinski definition) is 3. The minimum Gasteiger partial charge on any atom is -0.364 e. The van der Waals surface area contributed by atoms with Crippen molar-refractivity contribution in [1.82, 2.24) is 20.6 Å². The lowest BCUT2D eigenvalue weighted by Gasteiger charge is -2.16. The molecular formula is C15H25Cl2N5O2. The van der Waals surface area contributed by atoms with Crippen LogP contribution in [0.4, 0.5) is 0 Å². The smallest absolute Gasteiger partial charge is 0.272 e. The summed E-state index contributed by atoms with van der Waals surface area (Å²) in [5.74, 6) is -1.18. The Hall–Kier alpha value is -1.44. The monoisotopic (exact) mass is 377 g/mol. The van der Waals surface area contributed by atoms with E-state index in [9.17, 15) is 9.59 Å². The van der Waals surface area contributed by atoms with Crippen molar-refractivity contribution in [3.8, 4) is 0 Å². The summed E-state index contributed by atoms with van der Waals surface area (Å²) in [6.45, 7) is 1.17. The van der Waals surface area contributed by atoms with Gasteiger partial charge >= 0.3 is 0 Å². The van der Waals surface area contributed by atoms with Gasteiger partial charge in [0.25, 0.3) is 11.8 Å². The fraction of sp³-hybridized carbons (Fsp3) is 0.600. The molecule has 7 nitrogen and oxygen atoms in total. The Balaban J connectivity index is 0.00000264. The minimum absolute atomic E-state index is 0. The molecule has 0 aromatic carbocycles. The van der Waals surface area contributed by atoms with E-state index >= 15 is 0 Å². The van der Waals surface area contributed by atoms with Gasteiger partial charge < -0.3 is 16.4 Å². The van der Waals surface area contributed by atoms with Crippen LogP contribution < -0.4 is 16.4 Å². The third-order valence-electron chi connectivity index (χ3n) is 3.85. The van der Waals surface area contributed by atoms with Gasteiger partial charge in [0.1, 0.15) is 0 Å². The van der Waals surface area contributed by atoms with Crippen molar-refractivity contribution >= 4 is 36.6 Å². The van der Waals surface area contributed by atoms with E-state index in [0.29, 0.717) is 19.1 Å². The van der Waals surface area contributed by atoms with Crippen LogP contribution in [0.25, 0.3) is 0 Å². The van der Waals surface area contributed by atoms with Crippen LogP contribution in [-0.2, 0) is 0 Å². The maximum Gasteiger partial charge on any atom is 0.272 e. The molecule has 1 aliphatic carbocycles. The van der Waals surface area contributed by atoms with Crippen molar-refractivity contribution in [2.24, 2.45) is 5.73 Å². The molecule has 1 saturated carbocycles. The van der Waals surface area contributed by atoms with Gasteiger partial charge in [0, 0.05) is 31.5 Å². The maximum atomic E-state index is 12.0. The third kappa shape index (κ3) is 6.98. The molecule has 24 heavy (non-hydrogen) atoms. The van der Waals surface area contributed by atoms with Gasteiger partial charge in [0.05, 0.1) is 0 Å². The predicted octanol–water partition coefficient (Wildman–Crippen LogP) is 1.46. The van der Waals surface area contributed by atoms with Gasteiger partial charge in [-0.1, -0.05) is 25.7 Å². The molecule has 136 valence electrons. The molecule has 0 atom stereocenters. The van der Waals surface area contributed by atoms with Crippen molar-refractivity contribution in [2.45, 2.75) is 44.6 Å². The second-order valence-corrected chi connectivity index (χ2v) is 5.52. The van der Waals surface area contributed by atoms with E-state index in [1.165, 1.54) is 50.9 Å². The highest BCUT2D eigenvalue weighted by Gasteiger charge is 2.17. The molecule has 9 heteroatoms. The molecule has 4 N–H and O–H groups in total. The fourth-order valence-corrected chi connectivity index (χ4v) is 2.70. The Kier molecular flexibility index (Phi) is 11.3. The van der Waals surface area contributed by atoms with Gasteiger partial charge in [-0.2, -0.15) is 0 Å². The van der Waals surface area contributed by atoms with Crippen LogP contribution >= 0.6 is 24.8 Å². The highest BCUT2D eigenvalue weighted by molar-refractivity contribution is 6.03. The Morgan fingerprint density at radius 3 is 2.17 bits per heavy atom. The van der Waals surface area contributed by atoms with E-state index in [2.05, 4.69) is 20.6 Å². The number of amides is 2. The maximum absolute atomic E-state index is 12.0. The average molecular weight is 378 g/mol. The van der Waals surface area contributed by atoms with Crippen molar-refractivity contribution in [3.63, 3.8) is 0 Å². The van der Waals surface area contributed by atoms with Gasteiger partial charge in [-0.25, -0.2) is 9.97 Å². The van der Waals surface area contributed by atoms with E-state index in [-0.39, 0.29) is 36.2 Å². The topological polar surface area (TPSA) is 110 Å². The lowest BCUT2D eigenvalue weighted by Crippen LogP contribution is -2.37. The molecule has 0 bridgehead atoms. The largest absolute Gasteiger partial charge is 0.364 e. The number of nitrogens with one attached hydrogen (secondary N) is 2. The summed E-state index contributed by atoms with van der Waals surface area (Å²) in [5.41, 5.74) is 5.06. The summed E-state index contributed by atoms with van der Waals surface area (Å²) in [6, 6.07) is 0.539. The first-order chi connectivity index (χ1) is 10.7. The van der Waals surface area contributed by atoms with Crippen LogP contribution in [0, 0.1) is 0 Å². The van der Waals surface area contributed by atoms with Crippen LogP contribution in [0.15, 0.2) is 12.4 Å². The Morgan fingerprint density at radius 2 is 1.58 bits per heavy atom. The highest BCUT2D eigenvalue weighted by Crippen LogP contribution is 2.16. The molecule has 1 aromatic heterocycles. The summed E-state index contributed by atoms with van der Waals surface area (Å²) in [6.07, 6.45) is 10.3. The summed E-state index contributed by atoms with van der Waals surface area (Å²) in [7, 11) is 0. The molecule has 1 aliphatic rings. The van der Waals surface area contributed by atoms with E-state index in [1.54, 1.807) is 0 Å². The Bertz CT molecular complexity index is 522. The molecule has 1 heterocycles. The van der Waals surface area contributed by atoms with Crippen molar-refractivity contribution in [2.75, 3.05) is 13.1 Å². The fourth-order valence-electron chi connectivity index (χ4n) is 2.70. The summed E-state index contributed by atoms with van der Waals surface area (Å²) < 4.78 is 0. The van der Waals surface area contributed by atoms with E-state index in [1.807, 2.05) is 0 Å². The molecule has 2 amide bonds. The zero-order chi connectivity index (χ0) is 15.8. The number of nitrogens with two attached hydrogens (primary N) is 1. The second kappa shape index (κ2) is 12.0. The summed E-state index contributed by atoms with van der Waals surface area (Å²) in [5, 5.41) is 6.20. The molecule has 0 spiro atoms. The van der Waals surface area contributed by atoms with Gasteiger partial charge in [-0.3, -0.25) is 9.59 Å². The van der Waals surface area contributed by atoms with Crippen molar-refractivity contribution < 1.29 is 9.59 Å². The number of aromatic nitrogens is 2. The molecule has 1 fully saturated rings. The van der Waals surface area contributed by atoms with Crippen molar-refractivity contribution in [1.29, 1.82) is 0 Å². The van der Waals surface area contributed by atoms with Gasteiger partial charge in [0.2, 0.25) is 0 Å². The van der Waals surface area contributed by atoms with E-state index in [4.69, 9.17) is 5.73 Å². The minimum atomic E-state index is -0.755. The predicted molar refractivity (Wildman–Crippen MR) is 96.9 cm³/mol. The zero-order valence-electron chi connectivity index (χ0n) is 13.5. The number of rotatable bonds is 6.